The van der Waals surface area contributed by atoms with Gasteiger partial charge in [0.05, 0.1) is 6.61 Å². The number of nitrogens with zero attached hydrogens (tertiary/aromatic N) is 1. The Kier molecular flexibility index (Phi) is 6.75. The van der Waals surface area contributed by atoms with Crippen LogP contribution in [0.3, 0.4) is 0 Å². The Morgan fingerprint density at radius 2 is 2.16 bits per heavy atom. The lowest BCUT2D eigenvalue weighted by Gasteiger charge is -2.14. The van der Waals surface area contributed by atoms with E-state index in [4.69, 9.17) is 22.7 Å². The molecule has 0 heterocycles. The van der Waals surface area contributed by atoms with Crippen LogP contribution >= 0.6 is 24.0 Å². The van der Waals surface area contributed by atoms with Gasteiger partial charge in [-0.05, 0) is 30.3 Å². The smallest absolute Gasteiger partial charge is 0.220 e. The fraction of sp³-hybridized carbons (Fsp3) is 0.417. The molecule has 1 aromatic rings. The molecule has 0 aliphatic heterocycles. The van der Waals surface area contributed by atoms with Crippen LogP contribution in [0.25, 0.3) is 0 Å². The van der Waals surface area contributed by atoms with Crippen molar-refractivity contribution in [3.05, 3.63) is 45.5 Å². The summed E-state index contributed by atoms with van der Waals surface area (Å²) in [7, 11) is 0. The zero-order chi connectivity index (χ0) is 14.3. The summed E-state index contributed by atoms with van der Waals surface area (Å²) in [5.74, 6) is 0. The molecule has 1 atom stereocenters. The quantitative estimate of drug-likeness (QED) is 0.494. The Balaban J connectivity index is 2.82. The van der Waals surface area contributed by atoms with Crippen LogP contribution in [-0.2, 0) is 11.3 Å². The molecule has 19 heavy (non-hydrogen) atoms. The van der Waals surface area contributed by atoms with Gasteiger partial charge in [0.1, 0.15) is 5.25 Å². The number of rotatable bonds is 6. The second-order valence-corrected chi connectivity index (χ2v) is 5.56. The summed E-state index contributed by atoms with van der Waals surface area (Å²) in [5.41, 5.74) is 7.36. The topological polar surface area (TPSA) is 78.4 Å². The van der Waals surface area contributed by atoms with E-state index in [0.717, 1.165) is 11.1 Å². The average Bonchev–Trinajstić information content (AvgIpc) is 2.38. The van der Waals surface area contributed by atoms with Crippen LogP contribution in [0, 0.1) is 10.1 Å². The predicted molar refractivity (Wildman–Crippen MR) is 80.8 cm³/mol. The highest BCUT2D eigenvalue weighted by molar-refractivity contribution is 8.22. The molecule has 0 spiro atoms. The Morgan fingerprint density at radius 3 is 2.63 bits per heavy atom. The lowest BCUT2D eigenvalue weighted by Crippen LogP contribution is -2.12. The number of nitrogens with two attached hydrogens (primary N) is 1. The SMILES string of the molecule is CCOC(=S)SC(C[N+](=O)[O-])c1ccc(CN)cc1. The maximum absolute atomic E-state index is 10.7. The number of thiocarbonyl (C=S) groups is 1. The number of benzene rings is 1. The van der Waals surface area contributed by atoms with Gasteiger partial charge in [-0.2, -0.15) is 0 Å². The van der Waals surface area contributed by atoms with Crippen LogP contribution < -0.4 is 5.73 Å². The molecule has 1 aromatic carbocycles. The van der Waals surface area contributed by atoms with Crippen molar-refractivity contribution in [2.75, 3.05) is 13.2 Å². The zero-order valence-corrected chi connectivity index (χ0v) is 12.2. The molecule has 1 unspecified atom stereocenters. The average molecular weight is 300 g/mol. The highest BCUT2D eigenvalue weighted by Gasteiger charge is 2.21. The minimum absolute atomic E-state index is 0.195. The Labute approximate surface area is 121 Å². The first-order valence-electron chi connectivity index (χ1n) is 5.81. The summed E-state index contributed by atoms with van der Waals surface area (Å²) >= 11 is 6.23. The second kappa shape index (κ2) is 8.08. The van der Waals surface area contributed by atoms with Crippen molar-refractivity contribution < 1.29 is 9.66 Å². The van der Waals surface area contributed by atoms with Crippen molar-refractivity contribution in [2.45, 2.75) is 18.7 Å². The van der Waals surface area contributed by atoms with E-state index in [2.05, 4.69) is 0 Å². The Morgan fingerprint density at radius 1 is 1.53 bits per heavy atom. The second-order valence-electron chi connectivity index (χ2n) is 3.75. The van der Waals surface area contributed by atoms with Crippen LogP contribution in [-0.4, -0.2) is 22.5 Å². The molecule has 1 rings (SSSR count). The minimum atomic E-state index is -0.346. The van der Waals surface area contributed by atoms with E-state index in [1.54, 1.807) is 0 Å². The number of hydrogen-bond donors (Lipinski definition) is 1. The third-order valence-electron chi connectivity index (χ3n) is 2.40. The van der Waals surface area contributed by atoms with Gasteiger partial charge in [-0.25, -0.2) is 0 Å². The summed E-state index contributed by atoms with van der Waals surface area (Å²) in [6.45, 7) is 2.54. The molecule has 5 nitrogen and oxygen atoms in total. The summed E-state index contributed by atoms with van der Waals surface area (Å²) in [4.78, 5) is 10.4. The Bertz CT molecular complexity index is 437. The molecule has 0 aliphatic rings. The van der Waals surface area contributed by atoms with Gasteiger partial charge in [-0.15, -0.1) is 0 Å². The first kappa shape index (κ1) is 15.9. The molecule has 2 N–H and O–H groups in total. The van der Waals surface area contributed by atoms with E-state index in [0.29, 0.717) is 17.5 Å². The molecule has 0 saturated heterocycles. The van der Waals surface area contributed by atoms with Crippen LogP contribution in [0.2, 0.25) is 0 Å². The Hall–Kier alpha value is -1.18. The lowest BCUT2D eigenvalue weighted by molar-refractivity contribution is -0.479. The van der Waals surface area contributed by atoms with E-state index in [-0.39, 0.29) is 16.7 Å². The highest BCUT2D eigenvalue weighted by Crippen LogP contribution is 2.30. The summed E-state index contributed by atoms with van der Waals surface area (Å²) < 4.78 is 5.50. The van der Waals surface area contributed by atoms with Crippen LogP contribution in [0.4, 0.5) is 0 Å². The molecule has 104 valence electrons. The van der Waals surface area contributed by atoms with Crippen molar-refractivity contribution in [2.24, 2.45) is 5.73 Å². The highest BCUT2D eigenvalue weighted by atomic mass is 32.2. The van der Waals surface area contributed by atoms with Crippen molar-refractivity contribution in [3.8, 4) is 0 Å². The lowest BCUT2D eigenvalue weighted by atomic mass is 10.1. The number of hydrogen-bond acceptors (Lipinski definition) is 6. The number of ether oxygens (including phenoxy) is 1. The molecule has 0 amide bonds. The predicted octanol–water partition coefficient (Wildman–Crippen LogP) is 2.52. The van der Waals surface area contributed by atoms with Gasteiger partial charge in [-0.3, -0.25) is 10.1 Å². The van der Waals surface area contributed by atoms with Crippen LogP contribution in [0.5, 0.6) is 0 Å². The summed E-state index contributed by atoms with van der Waals surface area (Å²) in [5, 5.41) is 10.4. The van der Waals surface area contributed by atoms with Gasteiger partial charge < -0.3 is 10.5 Å². The molecule has 0 fully saturated rings. The largest absolute Gasteiger partial charge is 0.479 e. The van der Waals surface area contributed by atoms with Crippen molar-refractivity contribution in [3.63, 3.8) is 0 Å². The molecule has 0 aromatic heterocycles. The maximum Gasteiger partial charge on any atom is 0.220 e. The molecule has 0 radical (unpaired) electrons. The van der Waals surface area contributed by atoms with Gasteiger partial charge in [0.15, 0.2) is 0 Å². The third-order valence-corrected chi connectivity index (χ3v) is 3.83. The van der Waals surface area contributed by atoms with Crippen molar-refractivity contribution in [1.29, 1.82) is 0 Å². The first-order chi connectivity index (χ1) is 9.06. The number of thioether (sulfide) groups is 1. The fourth-order valence-electron chi connectivity index (χ4n) is 1.48. The third kappa shape index (κ3) is 5.54. The van der Waals surface area contributed by atoms with Crippen LogP contribution in [0.15, 0.2) is 24.3 Å². The van der Waals surface area contributed by atoms with Gasteiger partial charge in [-0.1, -0.05) is 36.0 Å². The minimum Gasteiger partial charge on any atom is -0.479 e. The maximum atomic E-state index is 10.7. The van der Waals surface area contributed by atoms with E-state index in [9.17, 15) is 10.1 Å². The number of nitro groups is 1. The van der Waals surface area contributed by atoms with Gasteiger partial charge in [0.25, 0.3) is 0 Å². The van der Waals surface area contributed by atoms with E-state index >= 15 is 0 Å². The van der Waals surface area contributed by atoms with Gasteiger partial charge >= 0.3 is 0 Å². The molecule has 0 saturated carbocycles. The normalized spacial score (nSPS) is 11.9. The van der Waals surface area contributed by atoms with Crippen molar-refractivity contribution in [1.82, 2.24) is 0 Å². The zero-order valence-electron chi connectivity index (χ0n) is 10.6. The first-order valence-corrected chi connectivity index (χ1v) is 7.09. The van der Waals surface area contributed by atoms with E-state index < -0.39 is 0 Å². The van der Waals surface area contributed by atoms with E-state index in [1.807, 2.05) is 31.2 Å². The molecule has 0 aliphatic carbocycles. The van der Waals surface area contributed by atoms with E-state index in [1.165, 1.54) is 11.8 Å². The van der Waals surface area contributed by atoms with Gasteiger partial charge in [0, 0.05) is 11.5 Å². The molecule has 0 bridgehead atoms. The standard InChI is InChI=1S/C12H16N2O3S2/c1-2-17-12(18)19-11(8-14(15)16)10-5-3-9(7-13)4-6-10/h3-6,11H,2,7-8,13H2,1H3. The van der Waals surface area contributed by atoms with Gasteiger partial charge in [0.2, 0.25) is 10.9 Å². The monoisotopic (exact) mass is 300 g/mol. The summed E-state index contributed by atoms with van der Waals surface area (Å²) in [6.07, 6.45) is 0. The molecular weight excluding hydrogens is 284 g/mol. The summed E-state index contributed by atoms with van der Waals surface area (Å²) in [6, 6.07) is 7.43. The molecule has 7 heteroatoms. The van der Waals surface area contributed by atoms with Crippen molar-refractivity contribution >= 4 is 28.4 Å². The molecular formula is C12H16N2O3S2. The fourth-order valence-corrected chi connectivity index (χ4v) is 2.86. The van der Waals surface area contributed by atoms with Crippen LogP contribution in [0.1, 0.15) is 23.3 Å².